The predicted octanol–water partition coefficient (Wildman–Crippen LogP) is 10.0. The lowest BCUT2D eigenvalue weighted by molar-refractivity contribution is 0.673. The third-order valence-electron chi connectivity index (χ3n) is 8.70. The largest absolute Gasteiger partial charge is 0.454 e. The van der Waals surface area contributed by atoms with Crippen molar-refractivity contribution in [3.63, 3.8) is 0 Å². The number of hydrogen-bond donors (Lipinski definition) is 0. The molecule has 194 valence electrons. The molecule has 0 amide bonds. The maximum absolute atomic E-state index is 6.73. The Labute approximate surface area is 239 Å². The molecule has 0 aliphatic heterocycles. The molecule has 0 atom stereocenters. The average molecular weight is 536 g/mol. The minimum Gasteiger partial charge on any atom is -0.454 e. The topological polar surface area (TPSA) is 43.3 Å². The van der Waals surface area contributed by atoms with Crippen molar-refractivity contribution in [1.29, 1.82) is 0 Å². The van der Waals surface area contributed by atoms with Crippen LogP contribution < -0.4 is 0 Å². The number of fused-ring (bicyclic) bond motifs is 11. The Bertz CT molecular complexity index is 2680. The summed E-state index contributed by atoms with van der Waals surface area (Å²) in [6, 6.07) is 44.5. The van der Waals surface area contributed by atoms with Gasteiger partial charge in [-0.05, 0) is 41.1 Å². The van der Waals surface area contributed by atoms with Gasteiger partial charge in [-0.2, -0.15) is 0 Å². The number of para-hydroxylation sites is 2. The zero-order chi connectivity index (χ0) is 27.4. The van der Waals surface area contributed by atoms with E-state index in [1.54, 1.807) is 0 Å². The summed E-state index contributed by atoms with van der Waals surface area (Å²) in [7, 11) is 0. The molecule has 0 saturated carbocycles. The van der Waals surface area contributed by atoms with Crippen LogP contribution in [0.1, 0.15) is 0 Å². The molecule has 10 aromatic rings. The predicted molar refractivity (Wildman–Crippen MR) is 172 cm³/mol. The molecular formula is C38H21N3O. The number of hydrogen-bond acceptors (Lipinski definition) is 3. The van der Waals surface area contributed by atoms with Gasteiger partial charge in [0.05, 0.1) is 22.2 Å². The maximum Gasteiger partial charge on any atom is 0.161 e. The van der Waals surface area contributed by atoms with Crippen LogP contribution in [0, 0.1) is 0 Å². The van der Waals surface area contributed by atoms with Crippen molar-refractivity contribution in [2.24, 2.45) is 0 Å². The van der Waals surface area contributed by atoms with Crippen LogP contribution in [-0.2, 0) is 0 Å². The highest BCUT2D eigenvalue weighted by molar-refractivity contribution is 6.32. The van der Waals surface area contributed by atoms with E-state index in [-0.39, 0.29) is 0 Å². The highest BCUT2D eigenvalue weighted by Crippen LogP contribution is 2.46. The van der Waals surface area contributed by atoms with Gasteiger partial charge in [0.1, 0.15) is 11.1 Å². The molecule has 10 rings (SSSR count). The lowest BCUT2D eigenvalue weighted by Crippen LogP contribution is -1.95. The Kier molecular flexibility index (Phi) is 4.15. The minimum atomic E-state index is 0.686. The van der Waals surface area contributed by atoms with Crippen LogP contribution in [0.2, 0.25) is 0 Å². The minimum absolute atomic E-state index is 0.686. The zero-order valence-corrected chi connectivity index (χ0v) is 22.4. The van der Waals surface area contributed by atoms with Crippen LogP contribution in [0.5, 0.6) is 0 Å². The number of nitrogens with zero attached hydrogens (tertiary/aromatic N) is 3. The van der Waals surface area contributed by atoms with Gasteiger partial charge in [-0.1, -0.05) is 97.1 Å². The fraction of sp³-hybridized carbons (Fsp3) is 0. The Morgan fingerprint density at radius 2 is 1.29 bits per heavy atom. The average Bonchev–Trinajstić information content (AvgIpc) is 3.69. The van der Waals surface area contributed by atoms with Crippen LogP contribution >= 0.6 is 0 Å². The summed E-state index contributed by atoms with van der Waals surface area (Å²) < 4.78 is 9.12. The molecule has 0 saturated heterocycles. The molecule has 0 aliphatic rings. The highest BCUT2D eigenvalue weighted by Gasteiger charge is 2.24. The van der Waals surface area contributed by atoms with Crippen LogP contribution in [0.25, 0.3) is 93.6 Å². The first-order valence-corrected chi connectivity index (χ1v) is 14.2. The lowest BCUT2D eigenvalue weighted by Gasteiger charge is -2.09. The first kappa shape index (κ1) is 22.0. The zero-order valence-electron chi connectivity index (χ0n) is 22.4. The van der Waals surface area contributed by atoms with Crippen molar-refractivity contribution in [2.75, 3.05) is 0 Å². The quantitative estimate of drug-likeness (QED) is 0.221. The Morgan fingerprint density at radius 3 is 2.19 bits per heavy atom. The van der Waals surface area contributed by atoms with Gasteiger partial charge < -0.3 is 8.82 Å². The second kappa shape index (κ2) is 7.93. The normalized spacial score (nSPS) is 12.3. The van der Waals surface area contributed by atoms with Gasteiger partial charge >= 0.3 is 0 Å². The summed E-state index contributed by atoms with van der Waals surface area (Å²) >= 11 is 0. The molecule has 0 fully saturated rings. The van der Waals surface area contributed by atoms with Crippen LogP contribution in [0.3, 0.4) is 0 Å². The van der Waals surface area contributed by atoms with E-state index in [9.17, 15) is 0 Å². The van der Waals surface area contributed by atoms with E-state index in [4.69, 9.17) is 14.4 Å². The summed E-state index contributed by atoms with van der Waals surface area (Å²) in [6.07, 6.45) is 0. The second-order valence-corrected chi connectivity index (χ2v) is 11.0. The molecular weight excluding hydrogens is 514 g/mol. The summed E-state index contributed by atoms with van der Waals surface area (Å²) in [5, 5.41) is 8.30. The van der Waals surface area contributed by atoms with E-state index < -0.39 is 0 Å². The van der Waals surface area contributed by atoms with E-state index in [1.807, 2.05) is 30.3 Å². The second-order valence-electron chi connectivity index (χ2n) is 11.0. The summed E-state index contributed by atoms with van der Waals surface area (Å²) in [5.74, 6) is 0.686. The molecule has 0 unspecified atom stereocenters. The Balaban J connectivity index is 1.28. The van der Waals surface area contributed by atoms with Crippen molar-refractivity contribution in [1.82, 2.24) is 14.4 Å². The number of furan rings is 1. The molecule has 0 bridgehead atoms. The van der Waals surface area contributed by atoms with Gasteiger partial charge in [0.15, 0.2) is 11.4 Å². The molecule has 6 aromatic carbocycles. The van der Waals surface area contributed by atoms with Gasteiger partial charge in [-0.15, -0.1) is 0 Å². The summed E-state index contributed by atoms with van der Waals surface area (Å²) in [4.78, 5) is 10.1. The third-order valence-corrected chi connectivity index (χ3v) is 8.70. The smallest absolute Gasteiger partial charge is 0.161 e. The van der Waals surface area contributed by atoms with E-state index in [2.05, 4.69) is 101 Å². The molecule has 0 spiro atoms. The van der Waals surface area contributed by atoms with Gasteiger partial charge in [0.2, 0.25) is 0 Å². The van der Waals surface area contributed by atoms with Crippen molar-refractivity contribution < 1.29 is 4.42 Å². The number of rotatable bonds is 2. The fourth-order valence-electron chi connectivity index (χ4n) is 6.90. The van der Waals surface area contributed by atoms with Crippen LogP contribution in [0.15, 0.2) is 132 Å². The van der Waals surface area contributed by atoms with Gasteiger partial charge in [-0.25, -0.2) is 9.97 Å². The third kappa shape index (κ3) is 2.80. The lowest BCUT2D eigenvalue weighted by atomic mass is 10.0. The summed E-state index contributed by atoms with van der Waals surface area (Å²) in [5.41, 5.74) is 9.13. The summed E-state index contributed by atoms with van der Waals surface area (Å²) in [6.45, 7) is 0. The van der Waals surface area contributed by atoms with Crippen LogP contribution in [0.4, 0.5) is 0 Å². The van der Waals surface area contributed by atoms with Gasteiger partial charge in [-0.3, -0.25) is 0 Å². The van der Waals surface area contributed by atoms with Gasteiger partial charge in [0, 0.05) is 38.1 Å². The molecule has 4 aromatic heterocycles. The highest BCUT2D eigenvalue weighted by atomic mass is 16.3. The van der Waals surface area contributed by atoms with Crippen molar-refractivity contribution in [2.45, 2.75) is 0 Å². The molecule has 4 heteroatoms. The van der Waals surface area contributed by atoms with Crippen molar-refractivity contribution in [3.05, 3.63) is 127 Å². The molecule has 0 radical (unpaired) electrons. The molecule has 0 aliphatic carbocycles. The standard InChI is InChI=1S/C38H21N3O/c1-2-10-22(11-3-1)34-26-14-6-8-16-30(26)39-38(40-34)24-18-19-28-32(21-24)42-37-29-20-23-12-4-5-13-25(23)33-27-15-7-9-17-31(27)41(35(29)33)36(28)37/h1-21H. The molecule has 4 nitrogen and oxygen atoms in total. The molecule has 4 heterocycles. The first-order chi connectivity index (χ1) is 20.8. The van der Waals surface area contributed by atoms with Gasteiger partial charge in [0.25, 0.3) is 0 Å². The Hall–Kier alpha value is -5.74. The number of aromatic nitrogens is 3. The fourth-order valence-corrected chi connectivity index (χ4v) is 6.90. The molecule has 0 N–H and O–H groups in total. The SMILES string of the molecule is c1ccc(-c2nc(-c3ccc4c(c3)oc3c5cc6ccccc6c6c7ccccc7n(c43)c56)nc3ccccc23)cc1. The maximum atomic E-state index is 6.73. The number of benzene rings is 6. The Morgan fingerprint density at radius 1 is 0.524 bits per heavy atom. The molecule has 42 heavy (non-hydrogen) atoms. The van der Waals surface area contributed by atoms with Crippen molar-refractivity contribution in [3.8, 4) is 22.6 Å². The van der Waals surface area contributed by atoms with E-state index in [0.29, 0.717) is 5.82 Å². The van der Waals surface area contributed by atoms with Crippen molar-refractivity contribution >= 4 is 70.9 Å². The van der Waals surface area contributed by atoms with E-state index in [1.165, 1.54) is 32.6 Å². The van der Waals surface area contributed by atoms with Crippen LogP contribution in [-0.4, -0.2) is 14.4 Å². The monoisotopic (exact) mass is 535 g/mol. The van der Waals surface area contributed by atoms with E-state index in [0.717, 1.165) is 55.2 Å². The first-order valence-electron chi connectivity index (χ1n) is 14.2. The van der Waals surface area contributed by atoms with E-state index >= 15 is 0 Å².